The van der Waals surface area contributed by atoms with Crippen molar-refractivity contribution in [3.63, 3.8) is 0 Å². The molecule has 1 aromatic rings. The lowest BCUT2D eigenvalue weighted by molar-refractivity contribution is -0.270. The first-order chi connectivity index (χ1) is 5.22. The molecule has 0 aromatic heterocycles. The maximum Gasteiger partial charge on any atom is 0.272 e. The van der Waals surface area contributed by atoms with E-state index in [1.165, 1.54) is 12.2 Å². The van der Waals surface area contributed by atoms with Gasteiger partial charge in [-0.25, -0.2) is 0 Å². The fourth-order valence-corrected chi connectivity index (χ4v) is 0.937. The number of rotatable bonds is 2. The second-order valence-corrected chi connectivity index (χ2v) is 2.19. The summed E-state index contributed by atoms with van der Waals surface area (Å²) >= 11 is 0. The van der Waals surface area contributed by atoms with Crippen molar-refractivity contribution >= 4 is 12.2 Å². The van der Waals surface area contributed by atoms with Crippen LogP contribution in [0.5, 0.6) is 5.75 Å². The third kappa shape index (κ3) is 0.963. The zero-order valence-electron chi connectivity index (χ0n) is 6.26. The normalized spacial score (nSPS) is 11.0. The minimum Gasteiger partial charge on any atom is -0.856 e. The van der Waals surface area contributed by atoms with E-state index >= 15 is 0 Å². The summed E-state index contributed by atoms with van der Waals surface area (Å²) in [5.41, 5.74) is 0.281. The number of hydrogen-bond donors (Lipinski definition) is 0. The van der Waals surface area contributed by atoms with Crippen molar-refractivity contribution in [3.8, 4) is 5.75 Å². The third-order valence-corrected chi connectivity index (χ3v) is 1.52. The Morgan fingerprint density at radius 3 is 2.64 bits per heavy atom. The van der Waals surface area contributed by atoms with E-state index in [1.54, 1.807) is 13.0 Å². The molecule has 0 bridgehead atoms. The summed E-state index contributed by atoms with van der Waals surface area (Å²) in [5, 5.41) is 11.0. The Bertz CT molecular complexity index is 331. The van der Waals surface area contributed by atoms with Crippen molar-refractivity contribution < 1.29 is 5.11 Å². The molecular weight excluding hydrogens is 140 g/mol. The fraction of sp³-hybridized carbons (Fsp3) is 0.111. The smallest absolute Gasteiger partial charge is 0.272 e. The summed E-state index contributed by atoms with van der Waals surface area (Å²) in [5.74, 6) is -0.192. The van der Waals surface area contributed by atoms with E-state index < -0.39 is 0 Å². The van der Waals surface area contributed by atoms with Gasteiger partial charge >= 0.3 is 0 Å². The van der Waals surface area contributed by atoms with Crippen LogP contribution < -0.4 is 10.5 Å². The van der Waals surface area contributed by atoms with Crippen LogP contribution >= 0.6 is 0 Å². The van der Waals surface area contributed by atoms with Crippen molar-refractivity contribution in [2.45, 2.75) is 6.92 Å². The molecule has 0 aliphatic rings. The largest absolute Gasteiger partial charge is 0.856 e. The SMILES string of the molecule is C=Cc1c([O-])[c+](C=CC)c1=O. The highest BCUT2D eigenvalue weighted by molar-refractivity contribution is 5.72. The number of allylic oxidation sites excluding steroid dienone is 1. The summed E-state index contributed by atoms with van der Waals surface area (Å²) in [7, 11) is 0. The summed E-state index contributed by atoms with van der Waals surface area (Å²) in [4.78, 5) is 11.0. The molecule has 0 spiro atoms. The molecule has 0 radical (unpaired) electrons. The zero-order chi connectivity index (χ0) is 8.43. The van der Waals surface area contributed by atoms with Gasteiger partial charge in [0.2, 0.25) is 0 Å². The van der Waals surface area contributed by atoms with Gasteiger partial charge in [-0.15, -0.1) is 0 Å². The Morgan fingerprint density at radius 2 is 2.27 bits per heavy atom. The van der Waals surface area contributed by atoms with Gasteiger partial charge in [-0.3, -0.25) is 4.79 Å². The van der Waals surface area contributed by atoms with E-state index in [9.17, 15) is 9.90 Å². The van der Waals surface area contributed by atoms with Gasteiger partial charge in [0.05, 0.1) is 5.56 Å². The quantitative estimate of drug-likeness (QED) is 0.586. The Labute approximate surface area is 64.8 Å². The average Bonchev–Trinajstić information content (AvgIpc) is 2.01. The van der Waals surface area contributed by atoms with Crippen molar-refractivity contribution in [1.29, 1.82) is 0 Å². The monoisotopic (exact) mass is 148 g/mol. The maximum absolute atomic E-state index is 11.0. The zero-order valence-corrected chi connectivity index (χ0v) is 6.26. The van der Waals surface area contributed by atoms with E-state index in [0.717, 1.165) is 0 Å². The molecule has 0 atom stereocenters. The fourth-order valence-electron chi connectivity index (χ4n) is 0.937. The van der Waals surface area contributed by atoms with Gasteiger partial charge < -0.3 is 5.11 Å². The molecule has 0 aliphatic heterocycles. The highest BCUT2D eigenvalue weighted by atomic mass is 16.3. The molecule has 1 aromatic carbocycles. The summed E-state index contributed by atoms with van der Waals surface area (Å²) in [6.45, 7) is 5.13. The molecule has 0 amide bonds. The van der Waals surface area contributed by atoms with Crippen LogP contribution in [0.2, 0.25) is 0 Å². The lowest BCUT2D eigenvalue weighted by Crippen LogP contribution is -2.20. The van der Waals surface area contributed by atoms with Crippen molar-refractivity contribution in [2.75, 3.05) is 0 Å². The Morgan fingerprint density at radius 1 is 1.64 bits per heavy atom. The number of hydrogen-bond acceptors (Lipinski definition) is 2. The molecule has 0 fully saturated rings. The predicted octanol–water partition coefficient (Wildman–Crippen LogP) is 0.953. The maximum atomic E-state index is 11.0. The molecule has 56 valence electrons. The van der Waals surface area contributed by atoms with Crippen LogP contribution in [-0.4, -0.2) is 0 Å². The molecule has 0 saturated heterocycles. The van der Waals surface area contributed by atoms with Crippen LogP contribution in [0.25, 0.3) is 12.2 Å². The molecule has 11 heavy (non-hydrogen) atoms. The second kappa shape index (κ2) is 2.66. The minimum atomic E-state index is -0.192. The molecule has 0 unspecified atom stereocenters. The van der Waals surface area contributed by atoms with Gasteiger partial charge in [0, 0.05) is 11.8 Å². The summed E-state index contributed by atoms with van der Waals surface area (Å²) in [6.07, 6.45) is 4.50. The van der Waals surface area contributed by atoms with E-state index in [4.69, 9.17) is 0 Å². The van der Waals surface area contributed by atoms with Crippen LogP contribution in [0.15, 0.2) is 17.4 Å². The predicted molar refractivity (Wildman–Crippen MR) is 43.7 cm³/mol. The van der Waals surface area contributed by atoms with E-state index in [2.05, 4.69) is 6.58 Å². The van der Waals surface area contributed by atoms with E-state index in [-0.39, 0.29) is 22.3 Å². The Kier molecular flexibility index (Phi) is 1.85. The first-order valence-electron chi connectivity index (χ1n) is 3.30. The van der Waals surface area contributed by atoms with Gasteiger partial charge in [0.15, 0.2) is 0 Å². The van der Waals surface area contributed by atoms with Crippen LogP contribution in [-0.2, 0) is 0 Å². The molecular formula is C9H8O2. The lowest BCUT2D eigenvalue weighted by Gasteiger charge is -2.10. The van der Waals surface area contributed by atoms with Crippen LogP contribution in [0.3, 0.4) is 0 Å². The van der Waals surface area contributed by atoms with Gasteiger partial charge in [0.25, 0.3) is 5.43 Å². The van der Waals surface area contributed by atoms with Gasteiger partial charge in [0.1, 0.15) is 5.56 Å². The molecule has 0 N–H and O–H groups in total. The van der Waals surface area contributed by atoms with Crippen LogP contribution in [0.1, 0.15) is 18.1 Å². The minimum absolute atomic E-state index is 0.192. The van der Waals surface area contributed by atoms with Crippen LogP contribution in [0, 0.1) is 0 Å². The Hall–Kier alpha value is -1.44. The van der Waals surface area contributed by atoms with Crippen LogP contribution in [0.4, 0.5) is 0 Å². The first-order valence-corrected chi connectivity index (χ1v) is 3.30. The molecule has 0 aliphatic carbocycles. The molecule has 2 heteroatoms. The first kappa shape index (κ1) is 7.66. The van der Waals surface area contributed by atoms with Crippen molar-refractivity contribution in [1.82, 2.24) is 0 Å². The van der Waals surface area contributed by atoms with Gasteiger partial charge in [-0.05, 0) is 19.1 Å². The van der Waals surface area contributed by atoms with Gasteiger partial charge in [-0.2, -0.15) is 0 Å². The molecule has 0 heterocycles. The third-order valence-electron chi connectivity index (χ3n) is 1.52. The molecule has 0 saturated carbocycles. The second-order valence-electron chi connectivity index (χ2n) is 2.19. The van der Waals surface area contributed by atoms with Crippen molar-refractivity contribution in [3.05, 3.63) is 34.0 Å². The highest BCUT2D eigenvalue weighted by Crippen LogP contribution is 2.21. The summed E-state index contributed by atoms with van der Waals surface area (Å²) in [6, 6.07) is 0. The lowest BCUT2D eigenvalue weighted by atomic mass is 10.0. The molecule has 1 rings (SSSR count). The Balaban J connectivity index is 3.14. The standard InChI is InChI=1S/C9H8O2/c1-3-5-7-8(10)6(4-2)9(7)11/h3-5H,2H2,1H3. The average molecular weight is 148 g/mol. The summed E-state index contributed by atoms with van der Waals surface area (Å²) < 4.78 is 0. The van der Waals surface area contributed by atoms with E-state index in [0.29, 0.717) is 0 Å². The highest BCUT2D eigenvalue weighted by Gasteiger charge is 2.16. The molecule has 2 nitrogen and oxygen atoms in total. The van der Waals surface area contributed by atoms with Crippen molar-refractivity contribution in [2.24, 2.45) is 0 Å². The topological polar surface area (TPSA) is 40.1 Å². The van der Waals surface area contributed by atoms with E-state index in [1.807, 2.05) is 0 Å². The van der Waals surface area contributed by atoms with Gasteiger partial charge in [-0.1, -0.05) is 6.58 Å².